The van der Waals surface area contributed by atoms with Gasteiger partial charge in [0.1, 0.15) is 6.54 Å². The third kappa shape index (κ3) is 5.31. The molecule has 0 aliphatic heterocycles. The highest BCUT2D eigenvalue weighted by molar-refractivity contribution is 6.00. The Morgan fingerprint density at radius 2 is 1.64 bits per heavy atom. The molecule has 150 valence electrons. The van der Waals surface area contributed by atoms with Crippen LogP contribution in [0.1, 0.15) is 56.6 Å². The minimum atomic E-state index is -0.645. The lowest BCUT2D eigenvalue weighted by molar-refractivity contribution is -0.141. The zero-order valence-electron chi connectivity index (χ0n) is 17.2. The van der Waals surface area contributed by atoms with Crippen molar-refractivity contribution >= 4 is 17.7 Å². The molecular weight excluding hydrogens is 356 g/mol. The quantitative estimate of drug-likeness (QED) is 0.560. The molecule has 0 saturated carbocycles. The van der Waals surface area contributed by atoms with E-state index in [0.29, 0.717) is 11.1 Å². The van der Waals surface area contributed by atoms with Crippen molar-refractivity contribution in [3.8, 4) is 0 Å². The molecule has 28 heavy (non-hydrogen) atoms. The van der Waals surface area contributed by atoms with E-state index < -0.39 is 5.97 Å². The molecule has 1 aromatic carbocycles. The summed E-state index contributed by atoms with van der Waals surface area (Å²) >= 11 is 0. The van der Waals surface area contributed by atoms with Gasteiger partial charge in [0.25, 0.3) is 5.91 Å². The average molecular weight is 384 g/mol. The number of nitrogens with zero attached hydrogens (tertiary/aromatic N) is 1. The second-order valence-corrected chi connectivity index (χ2v) is 7.08. The van der Waals surface area contributed by atoms with E-state index in [1.54, 1.807) is 12.1 Å². The molecule has 2 rings (SSSR count). The number of esters is 1. The second kappa shape index (κ2) is 9.35. The van der Waals surface area contributed by atoms with Gasteiger partial charge in [0.2, 0.25) is 5.78 Å². The predicted molar refractivity (Wildman–Crippen MR) is 108 cm³/mol. The normalized spacial score (nSPS) is 10.6. The molecule has 1 heterocycles. The van der Waals surface area contributed by atoms with Crippen LogP contribution in [0.2, 0.25) is 0 Å². The summed E-state index contributed by atoms with van der Waals surface area (Å²) in [5, 5.41) is 2.53. The van der Waals surface area contributed by atoms with E-state index >= 15 is 0 Å². The Morgan fingerprint density at radius 1 is 1.00 bits per heavy atom. The minimum absolute atomic E-state index is 0.246. The first-order valence-electron chi connectivity index (χ1n) is 9.45. The molecule has 0 unspecified atom stereocenters. The molecule has 0 radical (unpaired) electrons. The third-order valence-corrected chi connectivity index (χ3v) is 4.56. The third-order valence-electron chi connectivity index (χ3n) is 4.56. The Kier molecular flexibility index (Phi) is 7.15. The van der Waals surface area contributed by atoms with E-state index in [1.807, 2.05) is 39.8 Å². The standard InChI is InChI=1S/C22H28N2O4/c1-6-7-24-16(4)11-19(17(24)5)20(25)13-28-21(26)12-23-22(27)18-9-14(2)8-15(3)10-18/h8-11H,6-7,12-13H2,1-5H3,(H,23,27). The lowest BCUT2D eigenvalue weighted by Crippen LogP contribution is -2.31. The van der Waals surface area contributed by atoms with E-state index in [-0.39, 0.29) is 24.8 Å². The predicted octanol–water partition coefficient (Wildman–Crippen LogP) is 3.29. The van der Waals surface area contributed by atoms with Crippen LogP contribution in [0.4, 0.5) is 0 Å². The van der Waals surface area contributed by atoms with E-state index in [9.17, 15) is 14.4 Å². The Balaban J connectivity index is 1.88. The number of nitrogens with one attached hydrogen (secondary N) is 1. The minimum Gasteiger partial charge on any atom is -0.456 e. The van der Waals surface area contributed by atoms with Crippen molar-refractivity contribution in [3.63, 3.8) is 0 Å². The van der Waals surface area contributed by atoms with Crippen LogP contribution in [0, 0.1) is 27.7 Å². The van der Waals surface area contributed by atoms with Crippen LogP contribution in [0.3, 0.4) is 0 Å². The molecule has 0 fully saturated rings. The largest absolute Gasteiger partial charge is 0.456 e. The van der Waals surface area contributed by atoms with Gasteiger partial charge in [-0.25, -0.2) is 0 Å². The maximum Gasteiger partial charge on any atom is 0.325 e. The number of rotatable bonds is 8. The summed E-state index contributed by atoms with van der Waals surface area (Å²) in [5.41, 5.74) is 4.89. The molecule has 1 N–H and O–H groups in total. The molecular formula is C22H28N2O4. The Labute approximate surface area is 165 Å². The van der Waals surface area contributed by atoms with Gasteiger partial charge in [-0.15, -0.1) is 0 Å². The number of aromatic nitrogens is 1. The SMILES string of the molecule is CCCn1c(C)cc(C(=O)COC(=O)CNC(=O)c2cc(C)cc(C)c2)c1C. The van der Waals surface area contributed by atoms with Gasteiger partial charge in [0, 0.05) is 29.1 Å². The Bertz CT molecular complexity index is 876. The van der Waals surface area contributed by atoms with Gasteiger partial charge >= 0.3 is 5.97 Å². The summed E-state index contributed by atoms with van der Waals surface area (Å²) in [6, 6.07) is 7.30. The molecule has 0 aliphatic carbocycles. The highest BCUT2D eigenvalue weighted by atomic mass is 16.5. The van der Waals surface area contributed by atoms with Gasteiger partial charge in [-0.1, -0.05) is 24.1 Å². The van der Waals surface area contributed by atoms with E-state index in [1.165, 1.54) is 0 Å². The summed E-state index contributed by atoms with van der Waals surface area (Å²) in [6.07, 6.45) is 0.971. The second-order valence-electron chi connectivity index (χ2n) is 7.08. The summed E-state index contributed by atoms with van der Waals surface area (Å²) < 4.78 is 7.13. The molecule has 6 nitrogen and oxygen atoms in total. The fraction of sp³-hybridized carbons (Fsp3) is 0.409. The van der Waals surface area contributed by atoms with Crippen LogP contribution < -0.4 is 5.32 Å². The van der Waals surface area contributed by atoms with E-state index in [0.717, 1.165) is 35.5 Å². The average Bonchev–Trinajstić information content (AvgIpc) is 2.92. The monoisotopic (exact) mass is 384 g/mol. The van der Waals surface area contributed by atoms with E-state index in [4.69, 9.17) is 4.74 Å². The van der Waals surface area contributed by atoms with Crippen molar-refractivity contribution < 1.29 is 19.1 Å². The lowest BCUT2D eigenvalue weighted by atomic mass is 10.1. The molecule has 6 heteroatoms. The van der Waals surface area contributed by atoms with Crippen LogP contribution in [0.25, 0.3) is 0 Å². The topological polar surface area (TPSA) is 77.4 Å². The van der Waals surface area contributed by atoms with Crippen molar-refractivity contribution in [1.82, 2.24) is 9.88 Å². The Hall–Kier alpha value is -2.89. The molecule has 0 atom stereocenters. The zero-order chi connectivity index (χ0) is 20.8. The van der Waals surface area contributed by atoms with Crippen LogP contribution in [-0.4, -0.2) is 35.4 Å². The molecule has 0 spiro atoms. The number of benzene rings is 1. The Morgan fingerprint density at radius 3 is 2.25 bits per heavy atom. The summed E-state index contributed by atoms with van der Waals surface area (Å²) in [5.74, 6) is -1.24. The molecule has 0 bridgehead atoms. The first-order chi connectivity index (χ1) is 13.2. The van der Waals surface area contributed by atoms with Gasteiger partial charge < -0.3 is 14.6 Å². The maximum atomic E-state index is 12.4. The van der Waals surface area contributed by atoms with Crippen molar-refractivity contribution in [2.75, 3.05) is 13.2 Å². The molecule has 2 aromatic rings. The van der Waals surface area contributed by atoms with E-state index in [2.05, 4.69) is 16.8 Å². The lowest BCUT2D eigenvalue weighted by Gasteiger charge is -2.09. The maximum absolute atomic E-state index is 12.4. The number of carbonyl (C=O) groups is 3. The fourth-order valence-corrected chi connectivity index (χ4v) is 3.29. The first kappa shape index (κ1) is 21.4. The van der Waals surface area contributed by atoms with Crippen molar-refractivity contribution in [1.29, 1.82) is 0 Å². The highest BCUT2D eigenvalue weighted by Crippen LogP contribution is 2.16. The van der Waals surface area contributed by atoms with Gasteiger partial charge in [-0.2, -0.15) is 0 Å². The van der Waals surface area contributed by atoms with Crippen LogP contribution in [-0.2, 0) is 16.1 Å². The number of ether oxygens (including phenoxy) is 1. The number of amides is 1. The van der Waals surface area contributed by atoms with Crippen LogP contribution in [0.5, 0.6) is 0 Å². The van der Waals surface area contributed by atoms with Crippen LogP contribution in [0.15, 0.2) is 24.3 Å². The van der Waals surface area contributed by atoms with Crippen molar-refractivity contribution in [2.45, 2.75) is 47.6 Å². The number of hydrogen-bond acceptors (Lipinski definition) is 4. The molecule has 0 aliphatic rings. The smallest absolute Gasteiger partial charge is 0.325 e. The summed E-state index contributed by atoms with van der Waals surface area (Å²) in [7, 11) is 0. The van der Waals surface area contributed by atoms with Gasteiger partial charge in [0.15, 0.2) is 6.61 Å². The van der Waals surface area contributed by atoms with Crippen molar-refractivity contribution in [2.24, 2.45) is 0 Å². The number of ketones is 1. The summed E-state index contributed by atoms with van der Waals surface area (Å²) in [6.45, 7) is 9.95. The number of hydrogen-bond donors (Lipinski definition) is 1. The highest BCUT2D eigenvalue weighted by Gasteiger charge is 2.17. The number of carbonyl (C=O) groups excluding carboxylic acids is 3. The molecule has 0 saturated heterocycles. The number of aryl methyl sites for hydroxylation is 3. The molecule has 1 amide bonds. The first-order valence-corrected chi connectivity index (χ1v) is 9.45. The van der Waals surface area contributed by atoms with Gasteiger partial charge in [0.05, 0.1) is 0 Å². The summed E-state index contributed by atoms with van der Waals surface area (Å²) in [4.78, 5) is 36.5. The number of Topliss-reactive ketones (excluding diaryl/α,β-unsaturated/α-hetero) is 1. The van der Waals surface area contributed by atoms with Crippen molar-refractivity contribution in [3.05, 3.63) is 57.9 Å². The van der Waals surface area contributed by atoms with Gasteiger partial charge in [-0.05, 0) is 52.3 Å². The zero-order valence-corrected chi connectivity index (χ0v) is 17.2. The molecule has 1 aromatic heterocycles. The van der Waals surface area contributed by atoms with Gasteiger partial charge in [-0.3, -0.25) is 14.4 Å². The fourth-order valence-electron chi connectivity index (χ4n) is 3.29. The van der Waals surface area contributed by atoms with Crippen LogP contribution >= 0.6 is 0 Å².